The lowest BCUT2D eigenvalue weighted by atomic mass is 10.2. The van der Waals surface area contributed by atoms with Crippen molar-refractivity contribution in [3.63, 3.8) is 0 Å². The van der Waals surface area contributed by atoms with Crippen molar-refractivity contribution in [2.24, 2.45) is 0 Å². The normalized spacial score (nSPS) is 10.5. The van der Waals surface area contributed by atoms with Crippen molar-refractivity contribution in [3.05, 3.63) is 41.5 Å². The lowest BCUT2D eigenvalue weighted by Crippen LogP contribution is -2.00. The van der Waals surface area contributed by atoms with Crippen molar-refractivity contribution < 1.29 is 14.3 Å². The SMILES string of the molecule is Cc1ccc(F)c(-n2cc(CC(=O)O)nn2)c1. The van der Waals surface area contributed by atoms with Crippen LogP contribution in [0.2, 0.25) is 0 Å². The van der Waals surface area contributed by atoms with Gasteiger partial charge in [-0.3, -0.25) is 4.79 Å². The largest absolute Gasteiger partial charge is 0.481 e. The molecule has 1 heterocycles. The average molecular weight is 235 g/mol. The molecule has 0 amide bonds. The number of hydrogen-bond donors (Lipinski definition) is 1. The molecule has 0 aliphatic rings. The topological polar surface area (TPSA) is 68.0 Å². The molecule has 1 N–H and O–H groups in total. The zero-order valence-corrected chi connectivity index (χ0v) is 9.09. The summed E-state index contributed by atoms with van der Waals surface area (Å²) >= 11 is 0. The van der Waals surface area contributed by atoms with Gasteiger partial charge in [-0.05, 0) is 24.6 Å². The molecule has 2 rings (SSSR count). The Balaban J connectivity index is 2.36. The second-order valence-electron chi connectivity index (χ2n) is 3.68. The first-order valence-corrected chi connectivity index (χ1v) is 4.96. The first kappa shape index (κ1) is 11.3. The van der Waals surface area contributed by atoms with Crippen LogP contribution < -0.4 is 0 Å². The zero-order chi connectivity index (χ0) is 12.4. The highest BCUT2D eigenvalue weighted by atomic mass is 19.1. The van der Waals surface area contributed by atoms with Crippen molar-refractivity contribution in [3.8, 4) is 5.69 Å². The Morgan fingerprint density at radius 1 is 1.53 bits per heavy atom. The summed E-state index contributed by atoms with van der Waals surface area (Å²) < 4.78 is 14.8. The van der Waals surface area contributed by atoms with E-state index in [1.165, 1.54) is 16.9 Å². The summed E-state index contributed by atoms with van der Waals surface area (Å²) in [4.78, 5) is 10.5. The standard InChI is InChI=1S/C11H10FN3O2/c1-7-2-3-9(12)10(4-7)15-6-8(13-14-15)5-11(16)17/h2-4,6H,5H2,1H3,(H,16,17). The van der Waals surface area contributed by atoms with E-state index in [2.05, 4.69) is 10.3 Å². The second kappa shape index (κ2) is 4.32. The van der Waals surface area contributed by atoms with E-state index in [0.29, 0.717) is 5.69 Å². The smallest absolute Gasteiger partial charge is 0.309 e. The molecule has 2 aromatic rings. The fourth-order valence-electron chi connectivity index (χ4n) is 1.45. The quantitative estimate of drug-likeness (QED) is 0.871. The third-order valence-electron chi connectivity index (χ3n) is 2.22. The van der Waals surface area contributed by atoms with Crippen LogP contribution in [0.4, 0.5) is 4.39 Å². The molecule has 5 nitrogen and oxygen atoms in total. The molecule has 0 aliphatic carbocycles. The highest BCUT2D eigenvalue weighted by Gasteiger charge is 2.09. The monoisotopic (exact) mass is 235 g/mol. The van der Waals surface area contributed by atoms with Gasteiger partial charge in [0.25, 0.3) is 0 Å². The number of aryl methyl sites for hydroxylation is 1. The van der Waals surface area contributed by atoms with Crippen LogP contribution in [0.5, 0.6) is 0 Å². The molecule has 0 fully saturated rings. The fourth-order valence-corrected chi connectivity index (χ4v) is 1.45. The molecule has 0 atom stereocenters. The van der Waals surface area contributed by atoms with Gasteiger partial charge in [0, 0.05) is 0 Å². The molecule has 17 heavy (non-hydrogen) atoms. The van der Waals surface area contributed by atoms with Gasteiger partial charge in [-0.1, -0.05) is 11.3 Å². The summed E-state index contributed by atoms with van der Waals surface area (Å²) in [6.45, 7) is 1.83. The minimum Gasteiger partial charge on any atom is -0.481 e. The van der Waals surface area contributed by atoms with Crippen LogP contribution in [0, 0.1) is 12.7 Å². The molecule has 6 heteroatoms. The van der Waals surface area contributed by atoms with E-state index in [4.69, 9.17) is 5.11 Å². The fraction of sp³-hybridized carbons (Fsp3) is 0.182. The van der Waals surface area contributed by atoms with Crippen molar-refractivity contribution in [2.45, 2.75) is 13.3 Å². The maximum absolute atomic E-state index is 13.5. The van der Waals surface area contributed by atoms with Gasteiger partial charge in [-0.2, -0.15) is 0 Å². The Morgan fingerprint density at radius 2 is 2.29 bits per heavy atom. The van der Waals surface area contributed by atoms with E-state index in [-0.39, 0.29) is 12.1 Å². The van der Waals surface area contributed by atoms with Crippen molar-refractivity contribution >= 4 is 5.97 Å². The molecule has 1 aromatic heterocycles. The predicted molar refractivity (Wildman–Crippen MR) is 57.4 cm³/mol. The van der Waals surface area contributed by atoms with Crippen LogP contribution in [-0.2, 0) is 11.2 Å². The van der Waals surface area contributed by atoms with Crippen molar-refractivity contribution in [1.29, 1.82) is 0 Å². The Labute approximate surface area is 96.5 Å². The number of aromatic nitrogens is 3. The van der Waals surface area contributed by atoms with Crippen LogP contribution in [0.1, 0.15) is 11.3 Å². The van der Waals surface area contributed by atoms with E-state index in [0.717, 1.165) is 5.56 Å². The van der Waals surface area contributed by atoms with Crippen molar-refractivity contribution in [1.82, 2.24) is 15.0 Å². The van der Waals surface area contributed by atoms with Crippen LogP contribution in [-0.4, -0.2) is 26.1 Å². The molecule has 1 aromatic carbocycles. The number of hydrogen-bond acceptors (Lipinski definition) is 3. The predicted octanol–water partition coefficient (Wildman–Crippen LogP) is 1.34. The minimum absolute atomic E-state index is 0.229. The zero-order valence-electron chi connectivity index (χ0n) is 9.09. The van der Waals surface area contributed by atoms with Gasteiger partial charge in [0.1, 0.15) is 11.5 Å². The molecule has 0 saturated carbocycles. The second-order valence-corrected chi connectivity index (χ2v) is 3.68. The maximum atomic E-state index is 13.5. The van der Waals surface area contributed by atoms with E-state index in [1.54, 1.807) is 12.1 Å². The molecule has 0 saturated heterocycles. The first-order valence-electron chi connectivity index (χ1n) is 4.96. The number of carboxylic acids is 1. The van der Waals surface area contributed by atoms with Gasteiger partial charge < -0.3 is 5.11 Å². The number of carboxylic acid groups (broad SMARTS) is 1. The van der Waals surface area contributed by atoms with E-state index >= 15 is 0 Å². The summed E-state index contributed by atoms with van der Waals surface area (Å²) in [5.74, 6) is -1.43. The van der Waals surface area contributed by atoms with Gasteiger partial charge in [0.15, 0.2) is 0 Å². The summed E-state index contributed by atoms with van der Waals surface area (Å²) in [7, 11) is 0. The summed E-state index contributed by atoms with van der Waals surface area (Å²) in [5.41, 5.74) is 1.43. The Hall–Kier alpha value is -2.24. The molecule has 88 valence electrons. The van der Waals surface area contributed by atoms with Crippen LogP contribution >= 0.6 is 0 Å². The van der Waals surface area contributed by atoms with Crippen LogP contribution in [0.3, 0.4) is 0 Å². The molecular formula is C11H10FN3O2. The molecule has 0 aliphatic heterocycles. The third kappa shape index (κ3) is 2.47. The van der Waals surface area contributed by atoms with Crippen LogP contribution in [0.15, 0.2) is 24.4 Å². The summed E-state index contributed by atoms with van der Waals surface area (Å²) in [5, 5.41) is 16.0. The van der Waals surface area contributed by atoms with Gasteiger partial charge in [-0.15, -0.1) is 5.10 Å². The van der Waals surface area contributed by atoms with E-state index in [9.17, 15) is 9.18 Å². The third-order valence-corrected chi connectivity index (χ3v) is 2.22. The highest BCUT2D eigenvalue weighted by Crippen LogP contribution is 2.14. The maximum Gasteiger partial charge on any atom is 0.309 e. The van der Waals surface area contributed by atoms with Gasteiger partial charge in [0.2, 0.25) is 0 Å². The highest BCUT2D eigenvalue weighted by molar-refractivity contribution is 5.69. The van der Waals surface area contributed by atoms with Gasteiger partial charge in [-0.25, -0.2) is 9.07 Å². The van der Waals surface area contributed by atoms with Crippen LogP contribution in [0.25, 0.3) is 5.69 Å². The first-order chi connectivity index (χ1) is 8.06. The molecule has 0 spiro atoms. The Morgan fingerprint density at radius 3 is 3.00 bits per heavy atom. The molecular weight excluding hydrogens is 225 g/mol. The number of halogens is 1. The average Bonchev–Trinajstić information content (AvgIpc) is 2.69. The number of carbonyl (C=O) groups is 1. The molecule has 0 radical (unpaired) electrons. The van der Waals surface area contributed by atoms with Gasteiger partial charge >= 0.3 is 5.97 Å². The summed E-state index contributed by atoms with van der Waals surface area (Å²) in [6, 6.07) is 4.60. The number of rotatable bonds is 3. The molecule has 0 bridgehead atoms. The number of aliphatic carboxylic acids is 1. The summed E-state index contributed by atoms with van der Waals surface area (Å²) in [6.07, 6.45) is 1.18. The van der Waals surface area contributed by atoms with Gasteiger partial charge in [0.05, 0.1) is 18.3 Å². The number of benzene rings is 1. The Bertz CT molecular complexity index is 566. The van der Waals surface area contributed by atoms with E-state index < -0.39 is 11.8 Å². The lowest BCUT2D eigenvalue weighted by Gasteiger charge is -2.02. The molecule has 0 unspecified atom stereocenters. The lowest BCUT2D eigenvalue weighted by molar-refractivity contribution is -0.136. The van der Waals surface area contributed by atoms with E-state index in [1.807, 2.05) is 6.92 Å². The Kier molecular flexibility index (Phi) is 2.86. The number of nitrogens with zero attached hydrogens (tertiary/aromatic N) is 3. The van der Waals surface area contributed by atoms with Crippen molar-refractivity contribution in [2.75, 3.05) is 0 Å². The minimum atomic E-state index is -0.998.